The van der Waals surface area contributed by atoms with Crippen molar-refractivity contribution >= 4 is 33.9 Å². The van der Waals surface area contributed by atoms with Crippen molar-refractivity contribution in [3.05, 3.63) is 18.7 Å². The molecule has 0 unspecified atom stereocenters. The number of hydrogen-bond donors (Lipinski definition) is 3. The first-order chi connectivity index (χ1) is 11.2. The van der Waals surface area contributed by atoms with Crippen molar-refractivity contribution < 1.29 is 24.5 Å². The molecule has 23 heavy (non-hydrogen) atoms. The Balaban J connectivity index is 1.97. The van der Waals surface area contributed by atoms with Crippen LogP contribution in [0.25, 0.3) is 22.1 Å². The highest BCUT2D eigenvalue weighted by Crippen LogP contribution is 2.39. The Labute approximate surface area is 134 Å². The maximum atomic E-state index is 10.3. The van der Waals surface area contributed by atoms with Gasteiger partial charge in [0.1, 0.15) is 29.7 Å². The number of nitrogens with zero attached hydrogens (tertiary/aromatic N) is 3. The van der Waals surface area contributed by atoms with Crippen molar-refractivity contribution in [3.63, 3.8) is 0 Å². The fourth-order valence-electron chi connectivity index (χ4n) is 3.04. The number of fused-ring (bicyclic) bond motifs is 3. The zero-order chi connectivity index (χ0) is 16.1. The normalized spacial score (nSPS) is 28.2. The Bertz CT molecular complexity index is 863. The van der Waals surface area contributed by atoms with Gasteiger partial charge < -0.3 is 24.5 Å². The maximum absolute atomic E-state index is 10.3. The molecule has 3 N–H and O–H groups in total. The second-order valence-electron chi connectivity index (χ2n) is 5.32. The van der Waals surface area contributed by atoms with Crippen LogP contribution in [0.1, 0.15) is 6.23 Å². The Morgan fingerprint density at radius 2 is 2.13 bits per heavy atom. The van der Waals surface area contributed by atoms with E-state index < -0.39 is 24.5 Å². The van der Waals surface area contributed by atoms with Gasteiger partial charge >= 0.3 is 0 Å². The van der Waals surface area contributed by atoms with E-state index >= 15 is 0 Å². The van der Waals surface area contributed by atoms with Gasteiger partial charge in [0.2, 0.25) is 0 Å². The summed E-state index contributed by atoms with van der Waals surface area (Å²) >= 11 is 1.46. The third-order valence-electron chi connectivity index (χ3n) is 4.12. The fraction of sp³-hybridized carbons (Fsp3) is 0.429. The fourth-order valence-corrected chi connectivity index (χ4v) is 3.58. The standard InChI is InChI=1S/C14H15N3O5S/c1-23-13-8-11-6(2-3-21-11)17(12(8)15-5-16-13)14-10(20)9(19)7(4-18)22-14/h2-3,5,7,9-10,14,18-20H,4H2,1H3/t7-,9-,10-,14-/m1/s1. The summed E-state index contributed by atoms with van der Waals surface area (Å²) in [5.74, 6) is 0. The van der Waals surface area contributed by atoms with Crippen LogP contribution in [0.2, 0.25) is 0 Å². The molecular formula is C14H15N3O5S. The SMILES string of the molecule is CSc1ncnc2c1c1occc1n2[C@@H]1O[C@H](CO)[C@@H](O)[C@H]1O. The van der Waals surface area contributed by atoms with Crippen LogP contribution in [-0.2, 0) is 4.74 Å². The first kappa shape index (κ1) is 14.9. The average Bonchev–Trinajstić information content (AvgIpc) is 3.22. The zero-order valence-electron chi connectivity index (χ0n) is 12.2. The van der Waals surface area contributed by atoms with Crippen molar-refractivity contribution in [3.8, 4) is 0 Å². The molecule has 0 bridgehead atoms. The Kier molecular flexibility index (Phi) is 3.54. The van der Waals surface area contributed by atoms with Crippen LogP contribution in [0.3, 0.4) is 0 Å². The zero-order valence-corrected chi connectivity index (χ0v) is 13.0. The predicted octanol–water partition coefficient (Wildman–Crippen LogP) is 0.511. The van der Waals surface area contributed by atoms with Gasteiger partial charge in [-0.25, -0.2) is 9.97 Å². The minimum absolute atomic E-state index is 0.381. The topological polar surface area (TPSA) is 114 Å². The first-order valence-electron chi connectivity index (χ1n) is 7.06. The number of furan rings is 1. The number of ether oxygens (including phenoxy) is 1. The molecule has 0 aliphatic carbocycles. The molecule has 4 atom stereocenters. The number of thioether (sulfide) groups is 1. The lowest BCUT2D eigenvalue weighted by molar-refractivity contribution is -0.0489. The molecule has 8 nitrogen and oxygen atoms in total. The smallest absolute Gasteiger partial charge is 0.165 e. The monoisotopic (exact) mass is 337 g/mol. The van der Waals surface area contributed by atoms with Crippen molar-refractivity contribution in [1.29, 1.82) is 0 Å². The molecule has 1 aliphatic rings. The molecule has 3 aromatic rings. The molecule has 0 saturated carbocycles. The molecule has 1 fully saturated rings. The van der Waals surface area contributed by atoms with E-state index in [9.17, 15) is 15.3 Å². The number of hydrogen-bond acceptors (Lipinski definition) is 8. The molecule has 0 amide bonds. The van der Waals surface area contributed by atoms with Crippen molar-refractivity contribution in [2.75, 3.05) is 12.9 Å². The lowest BCUT2D eigenvalue weighted by Crippen LogP contribution is -2.33. The summed E-state index contributed by atoms with van der Waals surface area (Å²) in [4.78, 5) is 8.54. The van der Waals surface area contributed by atoms with Gasteiger partial charge in [0, 0.05) is 6.07 Å². The van der Waals surface area contributed by atoms with Gasteiger partial charge in [-0.1, -0.05) is 0 Å². The minimum Gasteiger partial charge on any atom is -0.462 e. The quantitative estimate of drug-likeness (QED) is 0.468. The van der Waals surface area contributed by atoms with Crippen LogP contribution in [0.5, 0.6) is 0 Å². The Morgan fingerprint density at radius 3 is 2.83 bits per heavy atom. The van der Waals surface area contributed by atoms with E-state index in [1.807, 2.05) is 6.26 Å². The number of aliphatic hydroxyl groups excluding tert-OH is 3. The maximum Gasteiger partial charge on any atom is 0.165 e. The molecule has 0 aromatic carbocycles. The van der Waals surface area contributed by atoms with Gasteiger partial charge in [-0.3, -0.25) is 4.57 Å². The lowest BCUT2D eigenvalue weighted by Gasteiger charge is -2.18. The summed E-state index contributed by atoms with van der Waals surface area (Å²) in [6.07, 6.45) is 0.796. The number of aromatic nitrogens is 3. The van der Waals surface area contributed by atoms with Crippen LogP contribution in [0.4, 0.5) is 0 Å². The number of rotatable bonds is 3. The van der Waals surface area contributed by atoms with E-state index in [0.29, 0.717) is 16.7 Å². The lowest BCUT2D eigenvalue weighted by atomic mass is 10.1. The Morgan fingerprint density at radius 1 is 1.30 bits per heavy atom. The summed E-state index contributed by atoms with van der Waals surface area (Å²) in [7, 11) is 0. The van der Waals surface area contributed by atoms with Crippen molar-refractivity contribution in [2.24, 2.45) is 0 Å². The molecule has 0 radical (unpaired) electrons. The molecule has 1 saturated heterocycles. The minimum atomic E-state index is -1.19. The third-order valence-corrected chi connectivity index (χ3v) is 4.81. The highest BCUT2D eigenvalue weighted by Gasteiger charge is 2.44. The van der Waals surface area contributed by atoms with Crippen LogP contribution >= 0.6 is 11.8 Å². The highest BCUT2D eigenvalue weighted by atomic mass is 32.2. The molecule has 9 heteroatoms. The van der Waals surface area contributed by atoms with Gasteiger partial charge in [0.05, 0.1) is 23.8 Å². The molecule has 122 valence electrons. The van der Waals surface area contributed by atoms with Crippen LogP contribution < -0.4 is 0 Å². The summed E-state index contributed by atoms with van der Waals surface area (Å²) in [5.41, 5.74) is 1.84. The van der Waals surface area contributed by atoms with Crippen LogP contribution in [-0.4, -0.2) is 61.0 Å². The van der Waals surface area contributed by atoms with Crippen molar-refractivity contribution in [2.45, 2.75) is 29.6 Å². The van der Waals surface area contributed by atoms with Gasteiger partial charge in [-0.05, 0) is 6.26 Å². The number of aliphatic hydroxyl groups is 3. The van der Waals surface area contributed by atoms with Crippen molar-refractivity contribution in [1.82, 2.24) is 14.5 Å². The average molecular weight is 337 g/mol. The molecule has 0 spiro atoms. The molecule has 4 rings (SSSR count). The van der Waals surface area contributed by atoms with E-state index in [2.05, 4.69) is 9.97 Å². The summed E-state index contributed by atoms with van der Waals surface area (Å²) in [6.45, 7) is -0.381. The first-order valence-corrected chi connectivity index (χ1v) is 8.28. The van der Waals surface area contributed by atoms with E-state index in [0.717, 1.165) is 10.4 Å². The van der Waals surface area contributed by atoms with Gasteiger partial charge in [0.15, 0.2) is 17.5 Å². The molecule has 1 aliphatic heterocycles. The van der Waals surface area contributed by atoms with Gasteiger partial charge in [-0.2, -0.15) is 0 Å². The van der Waals surface area contributed by atoms with Crippen LogP contribution in [0, 0.1) is 0 Å². The van der Waals surface area contributed by atoms with Gasteiger partial charge in [-0.15, -0.1) is 11.8 Å². The van der Waals surface area contributed by atoms with E-state index in [4.69, 9.17) is 9.15 Å². The largest absolute Gasteiger partial charge is 0.462 e. The predicted molar refractivity (Wildman–Crippen MR) is 82.1 cm³/mol. The third kappa shape index (κ3) is 2.01. The Hall–Kier alpha value is -1.65. The summed E-state index contributed by atoms with van der Waals surface area (Å²) in [6, 6.07) is 1.75. The molecule has 3 aromatic heterocycles. The summed E-state index contributed by atoms with van der Waals surface area (Å²) in [5, 5.41) is 31.1. The highest BCUT2D eigenvalue weighted by molar-refractivity contribution is 7.98. The van der Waals surface area contributed by atoms with E-state index in [1.165, 1.54) is 18.1 Å². The molecular weight excluding hydrogens is 322 g/mol. The van der Waals surface area contributed by atoms with Crippen LogP contribution in [0.15, 0.2) is 28.1 Å². The second kappa shape index (κ2) is 5.46. The summed E-state index contributed by atoms with van der Waals surface area (Å²) < 4.78 is 12.9. The van der Waals surface area contributed by atoms with E-state index in [1.54, 1.807) is 16.9 Å². The van der Waals surface area contributed by atoms with Gasteiger partial charge in [0.25, 0.3) is 0 Å². The molecule has 4 heterocycles. The van der Waals surface area contributed by atoms with E-state index in [-0.39, 0.29) is 6.61 Å². The second-order valence-corrected chi connectivity index (χ2v) is 6.11.